The van der Waals surface area contributed by atoms with Crippen LogP contribution in [-0.2, 0) is 23.1 Å². The van der Waals surface area contributed by atoms with Crippen molar-refractivity contribution in [3.8, 4) is 0 Å². The first kappa shape index (κ1) is 14.6. The van der Waals surface area contributed by atoms with Crippen molar-refractivity contribution in [2.75, 3.05) is 6.54 Å². The number of sulfonamides is 1. The van der Waals surface area contributed by atoms with E-state index < -0.39 is 10.0 Å². The molecule has 0 unspecified atom stereocenters. The molecule has 8 heteroatoms. The molecule has 2 rings (SSSR count). The molecule has 0 spiro atoms. The van der Waals surface area contributed by atoms with Crippen LogP contribution in [0.3, 0.4) is 0 Å². The maximum Gasteiger partial charge on any atom is 0.240 e. The summed E-state index contributed by atoms with van der Waals surface area (Å²) in [6.07, 6.45) is 1.53. The Labute approximate surface area is 116 Å². The lowest BCUT2D eigenvalue weighted by molar-refractivity contribution is 0.280. The van der Waals surface area contributed by atoms with Crippen LogP contribution in [-0.4, -0.2) is 30.2 Å². The Morgan fingerprint density at radius 2 is 2.20 bits per heavy atom. The van der Waals surface area contributed by atoms with Gasteiger partial charge in [0.2, 0.25) is 16.4 Å². The number of nitrogens with zero attached hydrogens (tertiary/aromatic N) is 2. The van der Waals surface area contributed by atoms with Crippen LogP contribution in [0.2, 0.25) is 0 Å². The first-order valence-electron chi connectivity index (χ1n) is 5.99. The molecule has 20 heavy (non-hydrogen) atoms. The first-order chi connectivity index (χ1) is 9.54. The van der Waals surface area contributed by atoms with Crippen LogP contribution in [0.1, 0.15) is 17.0 Å². The quantitative estimate of drug-likeness (QED) is 0.799. The standard InChI is InChI=1S/C12H15N3O4S/c1-9-10(7-16)3-2-4-11(9)20(17,18)14-6-5-12-13-8-19-15-12/h2-4,8,14,16H,5-7H2,1H3. The van der Waals surface area contributed by atoms with Gasteiger partial charge in [-0.2, -0.15) is 4.98 Å². The monoisotopic (exact) mass is 297 g/mol. The highest BCUT2D eigenvalue weighted by Crippen LogP contribution is 2.18. The summed E-state index contributed by atoms with van der Waals surface area (Å²) in [5.41, 5.74) is 1.13. The summed E-state index contributed by atoms with van der Waals surface area (Å²) in [7, 11) is -3.62. The molecule has 0 bridgehead atoms. The molecule has 0 radical (unpaired) electrons. The molecule has 0 aliphatic carbocycles. The SMILES string of the molecule is Cc1c(CO)cccc1S(=O)(=O)NCCc1ncon1. The summed E-state index contributed by atoms with van der Waals surface area (Å²) >= 11 is 0. The van der Waals surface area contributed by atoms with Gasteiger partial charge >= 0.3 is 0 Å². The molecule has 0 atom stereocenters. The second kappa shape index (κ2) is 6.12. The molecule has 0 saturated heterocycles. The Hall–Kier alpha value is -1.77. The van der Waals surface area contributed by atoms with Gasteiger partial charge in [0.25, 0.3) is 0 Å². The van der Waals surface area contributed by atoms with Crippen LogP contribution in [0.4, 0.5) is 0 Å². The fraction of sp³-hybridized carbons (Fsp3) is 0.333. The maximum absolute atomic E-state index is 12.2. The van der Waals surface area contributed by atoms with Gasteiger partial charge in [-0.25, -0.2) is 13.1 Å². The molecule has 2 aromatic rings. The van der Waals surface area contributed by atoms with Crippen LogP contribution < -0.4 is 4.72 Å². The zero-order valence-electron chi connectivity index (χ0n) is 10.9. The van der Waals surface area contributed by atoms with Gasteiger partial charge in [-0.05, 0) is 24.1 Å². The number of aromatic nitrogens is 2. The van der Waals surface area contributed by atoms with Gasteiger partial charge in [0.15, 0.2) is 5.82 Å². The van der Waals surface area contributed by atoms with Gasteiger partial charge in [-0.1, -0.05) is 17.3 Å². The minimum absolute atomic E-state index is 0.164. The second-order valence-corrected chi connectivity index (χ2v) is 5.93. The molecule has 2 N–H and O–H groups in total. The minimum atomic E-state index is -3.62. The van der Waals surface area contributed by atoms with Crippen molar-refractivity contribution in [2.45, 2.75) is 24.8 Å². The molecule has 0 aliphatic rings. The predicted octanol–water partition coefficient (Wildman–Crippen LogP) is 0.391. The Morgan fingerprint density at radius 3 is 2.85 bits per heavy atom. The zero-order chi connectivity index (χ0) is 14.6. The predicted molar refractivity (Wildman–Crippen MR) is 70.3 cm³/mol. The number of aliphatic hydroxyl groups excluding tert-OH is 1. The summed E-state index contributed by atoms with van der Waals surface area (Å²) in [5.74, 6) is 0.438. The third-order valence-electron chi connectivity index (χ3n) is 2.90. The lowest BCUT2D eigenvalue weighted by Crippen LogP contribution is -2.27. The summed E-state index contributed by atoms with van der Waals surface area (Å²) in [6, 6.07) is 4.80. The summed E-state index contributed by atoms with van der Waals surface area (Å²) in [6.45, 7) is 1.64. The smallest absolute Gasteiger partial charge is 0.240 e. The van der Waals surface area contributed by atoms with Crippen molar-refractivity contribution in [1.29, 1.82) is 0 Å². The van der Waals surface area contributed by atoms with Gasteiger partial charge in [-0.15, -0.1) is 0 Å². The molecule has 1 heterocycles. The normalized spacial score (nSPS) is 11.7. The van der Waals surface area contributed by atoms with E-state index >= 15 is 0 Å². The highest BCUT2D eigenvalue weighted by Gasteiger charge is 2.17. The van der Waals surface area contributed by atoms with Crippen LogP contribution >= 0.6 is 0 Å². The van der Waals surface area contributed by atoms with E-state index in [1.54, 1.807) is 19.1 Å². The number of benzene rings is 1. The fourth-order valence-corrected chi connectivity index (χ4v) is 3.12. The summed E-state index contributed by atoms with van der Waals surface area (Å²) < 4.78 is 31.4. The van der Waals surface area contributed by atoms with Gasteiger partial charge in [0.1, 0.15) is 0 Å². The Balaban J connectivity index is 2.10. The van der Waals surface area contributed by atoms with Gasteiger partial charge < -0.3 is 9.63 Å². The van der Waals surface area contributed by atoms with Gasteiger partial charge in [-0.3, -0.25) is 0 Å². The van der Waals surface area contributed by atoms with Crippen molar-refractivity contribution in [1.82, 2.24) is 14.9 Å². The first-order valence-corrected chi connectivity index (χ1v) is 7.47. The minimum Gasteiger partial charge on any atom is -0.392 e. The number of nitrogens with one attached hydrogen (secondary N) is 1. The van der Waals surface area contributed by atoms with E-state index in [-0.39, 0.29) is 18.0 Å². The van der Waals surface area contributed by atoms with Crippen LogP contribution in [0.25, 0.3) is 0 Å². The van der Waals surface area contributed by atoms with Crippen LogP contribution in [0.15, 0.2) is 34.0 Å². The van der Waals surface area contributed by atoms with Crippen molar-refractivity contribution < 1.29 is 18.0 Å². The third-order valence-corrected chi connectivity index (χ3v) is 4.51. The van der Waals surface area contributed by atoms with E-state index in [2.05, 4.69) is 19.4 Å². The topological polar surface area (TPSA) is 105 Å². The molecule has 7 nitrogen and oxygen atoms in total. The average molecular weight is 297 g/mol. The molecule has 1 aromatic carbocycles. The number of hydrogen-bond donors (Lipinski definition) is 2. The van der Waals surface area contributed by atoms with E-state index in [1.807, 2.05) is 0 Å². The van der Waals surface area contributed by atoms with Crippen LogP contribution in [0.5, 0.6) is 0 Å². The third kappa shape index (κ3) is 3.21. The number of rotatable bonds is 6. The van der Waals surface area contributed by atoms with Gasteiger partial charge in [0, 0.05) is 13.0 Å². The molecule has 0 fully saturated rings. The highest BCUT2D eigenvalue weighted by molar-refractivity contribution is 7.89. The largest absolute Gasteiger partial charge is 0.392 e. The summed E-state index contributed by atoms with van der Waals surface area (Å²) in [5, 5.41) is 12.8. The van der Waals surface area contributed by atoms with Crippen LogP contribution in [0, 0.1) is 6.92 Å². The highest BCUT2D eigenvalue weighted by atomic mass is 32.2. The average Bonchev–Trinajstić information content (AvgIpc) is 2.91. The number of hydrogen-bond acceptors (Lipinski definition) is 6. The van der Waals surface area contributed by atoms with Crippen molar-refractivity contribution in [3.63, 3.8) is 0 Å². The molecule has 0 amide bonds. The molecule has 108 valence electrons. The Bertz CT molecular complexity index is 668. The fourth-order valence-electron chi connectivity index (χ4n) is 1.80. The van der Waals surface area contributed by atoms with Crippen molar-refractivity contribution >= 4 is 10.0 Å². The number of aliphatic hydroxyl groups is 1. The molecule has 0 saturated carbocycles. The van der Waals surface area contributed by atoms with Crippen molar-refractivity contribution in [3.05, 3.63) is 41.5 Å². The molecule has 1 aromatic heterocycles. The van der Waals surface area contributed by atoms with E-state index in [4.69, 9.17) is 5.11 Å². The van der Waals surface area contributed by atoms with E-state index in [0.29, 0.717) is 23.4 Å². The maximum atomic E-state index is 12.2. The molecular formula is C12H15N3O4S. The van der Waals surface area contributed by atoms with E-state index in [0.717, 1.165) is 0 Å². The lowest BCUT2D eigenvalue weighted by Gasteiger charge is -2.11. The summed E-state index contributed by atoms with van der Waals surface area (Å²) in [4.78, 5) is 3.97. The second-order valence-electron chi connectivity index (χ2n) is 4.19. The molecular weight excluding hydrogens is 282 g/mol. The van der Waals surface area contributed by atoms with Crippen molar-refractivity contribution in [2.24, 2.45) is 0 Å². The Kier molecular flexibility index (Phi) is 4.48. The van der Waals surface area contributed by atoms with E-state index in [9.17, 15) is 8.42 Å². The Morgan fingerprint density at radius 1 is 1.40 bits per heavy atom. The lowest BCUT2D eigenvalue weighted by atomic mass is 10.1. The van der Waals surface area contributed by atoms with Gasteiger partial charge in [0.05, 0.1) is 11.5 Å². The zero-order valence-corrected chi connectivity index (χ0v) is 11.7. The molecule has 0 aliphatic heterocycles. The van der Waals surface area contributed by atoms with E-state index in [1.165, 1.54) is 12.5 Å².